The molecule has 1 N–H and O–H groups in total. The van der Waals surface area contributed by atoms with E-state index in [1.54, 1.807) is 76.2 Å². The molecule has 1 fully saturated rings. The third kappa shape index (κ3) is 6.02. The number of ether oxygens (including phenoxy) is 8. The quantitative estimate of drug-likeness (QED) is 0.278. The van der Waals surface area contributed by atoms with Gasteiger partial charge in [-0.3, -0.25) is 9.59 Å². The summed E-state index contributed by atoms with van der Waals surface area (Å²) in [4.78, 5) is 42.3. The Morgan fingerprint density at radius 1 is 0.852 bits per heavy atom. The normalized spacial score (nSPS) is 23.6. The maximum atomic E-state index is 14.6. The first-order valence-electron chi connectivity index (χ1n) is 17.5. The van der Waals surface area contributed by atoms with Gasteiger partial charge in [0.25, 0.3) is 5.91 Å². The molecule has 1 aliphatic carbocycles. The van der Waals surface area contributed by atoms with Crippen LogP contribution in [0.4, 0.5) is 0 Å². The van der Waals surface area contributed by atoms with E-state index in [1.807, 2.05) is 6.07 Å². The molecule has 5 atom stereocenters. The van der Waals surface area contributed by atoms with Crippen LogP contribution in [0.1, 0.15) is 68.0 Å². The number of fused-ring (bicyclic) bond motifs is 3. The van der Waals surface area contributed by atoms with Crippen molar-refractivity contribution in [2.75, 3.05) is 41.8 Å². The fraction of sp³-hybridized carbons (Fsp3) is 0.425. The second-order valence-corrected chi connectivity index (χ2v) is 14.7. The number of amides is 1. The van der Waals surface area contributed by atoms with Crippen molar-refractivity contribution in [2.45, 2.75) is 56.8 Å². The van der Waals surface area contributed by atoms with Crippen LogP contribution in [0.5, 0.6) is 34.5 Å². The predicted octanol–water partition coefficient (Wildman–Crippen LogP) is 4.97. The molecule has 0 spiro atoms. The minimum absolute atomic E-state index is 0.00170. The van der Waals surface area contributed by atoms with E-state index >= 15 is 0 Å². The summed E-state index contributed by atoms with van der Waals surface area (Å²) in [5, 5.41) is 17.1. The highest BCUT2D eigenvalue weighted by Gasteiger charge is 2.54. The molecule has 1 saturated heterocycles. The van der Waals surface area contributed by atoms with E-state index < -0.39 is 58.8 Å². The molecule has 7 rings (SSSR count). The van der Waals surface area contributed by atoms with Gasteiger partial charge < -0.3 is 43.2 Å². The zero-order valence-electron chi connectivity index (χ0n) is 31.3. The van der Waals surface area contributed by atoms with E-state index in [4.69, 9.17) is 37.9 Å². The number of hydrogen-bond acceptors (Lipinski definition) is 12. The first kappa shape index (κ1) is 36.9. The summed E-state index contributed by atoms with van der Waals surface area (Å²) in [6.07, 6.45) is 0.117. The molecule has 0 aromatic heterocycles. The molecule has 14 heteroatoms. The fourth-order valence-electron chi connectivity index (χ4n) is 8.21. The predicted molar refractivity (Wildman–Crippen MR) is 190 cm³/mol. The molecular formula is C40H43N2O12. The van der Waals surface area contributed by atoms with Gasteiger partial charge in [0.2, 0.25) is 18.6 Å². The number of esters is 2. The van der Waals surface area contributed by atoms with Crippen LogP contribution in [-0.4, -0.2) is 75.8 Å². The Labute approximate surface area is 312 Å². The van der Waals surface area contributed by atoms with Gasteiger partial charge in [-0.05, 0) is 86.9 Å². The minimum atomic E-state index is -1.45. The van der Waals surface area contributed by atoms with Gasteiger partial charge in [-0.2, -0.15) is 0 Å². The van der Waals surface area contributed by atoms with Gasteiger partial charge in [0.15, 0.2) is 23.0 Å². The van der Waals surface area contributed by atoms with Crippen molar-refractivity contribution >= 4 is 17.8 Å². The highest BCUT2D eigenvalue weighted by atomic mass is 16.7. The average Bonchev–Trinajstić information content (AvgIpc) is 3.83. The average molecular weight is 744 g/mol. The molecular weight excluding hydrogens is 700 g/mol. The Balaban J connectivity index is 1.31. The lowest BCUT2D eigenvalue weighted by atomic mass is 9.65. The Morgan fingerprint density at radius 3 is 2.04 bits per heavy atom. The second-order valence-electron chi connectivity index (χ2n) is 14.7. The number of methoxy groups -OCH3 is 4. The maximum absolute atomic E-state index is 14.6. The van der Waals surface area contributed by atoms with Crippen LogP contribution in [0.2, 0.25) is 0 Å². The first-order chi connectivity index (χ1) is 25.7. The lowest BCUT2D eigenvalue weighted by molar-refractivity contribution is -0.239. The summed E-state index contributed by atoms with van der Waals surface area (Å²) in [6, 6.07) is 13.0. The van der Waals surface area contributed by atoms with Crippen LogP contribution in [0.15, 0.2) is 60.2 Å². The van der Waals surface area contributed by atoms with E-state index in [-0.39, 0.29) is 19.0 Å². The molecule has 1 amide bonds. The van der Waals surface area contributed by atoms with Crippen LogP contribution < -0.4 is 33.7 Å². The van der Waals surface area contributed by atoms with Gasteiger partial charge >= 0.3 is 11.9 Å². The minimum Gasteiger partial charge on any atom is -0.497 e. The molecule has 1 radical (unpaired) electrons. The van der Waals surface area contributed by atoms with Crippen LogP contribution in [-0.2, 0) is 29.1 Å². The number of hydroxylamine groups is 2. The summed E-state index contributed by atoms with van der Waals surface area (Å²) >= 11 is 0. The van der Waals surface area contributed by atoms with Crippen LogP contribution >= 0.6 is 0 Å². The number of carbonyl (C=O) groups excluding carboxylic acids is 3. The monoisotopic (exact) mass is 743 g/mol. The van der Waals surface area contributed by atoms with E-state index in [2.05, 4.69) is 5.32 Å². The zero-order chi connectivity index (χ0) is 38.7. The summed E-state index contributed by atoms with van der Waals surface area (Å²) in [5.41, 5.74) is 0.337. The third-order valence-corrected chi connectivity index (χ3v) is 10.8. The Morgan fingerprint density at radius 2 is 1.48 bits per heavy atom. The number of cyclic esters (lactones) is 1. The smallest absolute Gasteiger partial charge is 0.336 e. The van der Waals surface area contributed by atoms with Crippen LogP contribution in [0.25, 0.3) is 0 Å². The summed E-state index contributed by atoms with van der Waals surface area (Å²) in [6.45, 7) is 6.68. The largest absolute Gasteiger partial charge is 0.497 e. The van der Waals surface area contributed by atoms with Gasteiger partial charge in [-0.1, -0.05) is 12.1 Å². The number of benzene rings is 3. The highest BCUT2D eigenvalue weighted by molar-refractivity contribution is 5.95. The summed E-state index contributed by atoms with van der Waals surface area (Å²) < 4.78 is 45.6. The molecule has 0 bridgehead atoms. The molecule has 54 heavy (non-hydrogen) atoms. The molecule has 3 aromatic carbocycles. The van der Waals surface area contributed by atoms with Gasteiger partial charge in [0.05, 0.1) is 63.7 Å². The molecule has 285 valence electrons. The Hall–Kier alpha value is -5.47. The van der Waals surface area contributed by atoms with E-state index in [1.165, 1.54) is 28.4 Å². The molecule has 0 saturated carbocycles. The molecule has 3 aliphatic heterocycles. The number of nitrogens with one attached hydrogen (secondary N) is 1. The van der Waals surface area contributed by atoms with Crippen molar-refractivity contribution in [3.8, 4) is 34.5 Å². The van der Waals surface area contributed by atoms with Crippen molar-refractivity contribution in [3.05, 3.63) is 82.4 Å². The van der Waals surface area contributed by atoms with Crippen LogP contribution in [0, 0.1) is 11.8 Å². The van der Waals surface area contributed by atoms with Gasteiger partial charge in [-0.25, -0.2) is 4.79 Å². The maximum Gasteiger partial charge on any atom is 0.336 e. The first-order valence-corrected chi connectivity index (χ1v) is 17.5. The van der Waals surface area contributed by atoms with Crippen molar-refractivity contribution in [1.29, 1.82) is 0 Å². The SMILES string of the molecule is COc1ccc(C(OC(=O)C2=CC(C)(C)N([O])C2(C)C)C(=O)N[C@@H]2c3cc4c(cc3[C@@H](c3cc(OC)c(OC)c(OC)c3)[C@H]3C(=O)OC[C@@H]32)OCO4)cc1. The summed E-state index contributed by atoms with van der Waals surface area (Å²) in [7, 11) is 6.05. The standard InChI is InChI=1S/C40H43N2O12/c1-39(2)17-26(40(3,4)42(39)46)37(44)54-34(20-9-11-22(47-5)12-10-20)36(43)41-33-24-16-28-27(52-19-53-28)15-23(24)31(32-25(33)18-51-38(32)45)21-13-29(48-6)35(50-8)30(14-21)49-7/h9-17,25,31-34H,18-19H2,1-8H3,(H,41,43)/t25-,31+,32-,33+,34?/m0/s1. The zero-order valence-corrected chi connectivity index (χ0v) is 31.3. The highest BCUT2D eigenvalue weighted by Crippen LogP contribution is 2.56. The topological polar surface area (TPSA) is 160 Å². The molecule has 1 unspecified atom stereocenters. The molecule has 14 nitrogen and oxygen atoms in total. The lowest BCUT2D eigenvalue weighted by Gasteiger charge is -2.40. The van der Waals surface area contributed by atoms with E-state index in [9.17, 15) is 19.6 Å². The molecule has 4 aliphatic rings. The van der Waals surface area contributed by atoms with E-state index in [0.29, 0.717) is 56.8 Å². The van der Waals surface area contributed by atoms with Crippen LogP contribution in [0.3, 0.4) is 0 Å². The van der Waals surface area contributed by atoms with E-state index in [0.717, 1.165) is 5.06 Å². The fourth-order valence-corrected chi connectivity index (χ4v) is 8.21. The summed E-state index contributed by atoms with van der Waals surface area (Å²) in [5.74, 6) is -1.12. The number of rotatable bonds is 10. The number of carbonyl (C=O) groups is 3. The van der Waals surface area contributed by atoms with Gasteiger partial charge in [0, 0.05) is 17.4 Å². The molecule has 3 aromatic rings. The molecule has 3 heterocycles. The van der Waals surface area contributed by atoms with Crippen molar-refractivity contribution in [1.82, 2.24) is 10.4 Å². The number of hydrogen-bond donors (Lipinski definition) is 1. The lowest BCUT2D eigenvalue weighted by Crippen LogP contribution is -2.48. The van der Waals surface area contributed by atoms with Crippen molar-refractivity contribution < 1.29 is 57.5 Å². The third-order valence-electron chi connectivity index (χ3n) is 10.8. The van der Waals surface area contributed by atoms with Crippen molar-refractivity contribution in [2.24, 2.45) is 11.8 Å². The van der Waals surface area contributed by atoms with Crippen molar-refractivity contribution in [3.63, 3.8) is 0 Å². The van der Waals surface area contributed by atoms with Gasteiger partial charge in [-0.15, -0.1) is 10.3 Å². The Bertz CT molecular complexity index is 2000. The Kier molecular flexibility index (Phi) is 9.38. The second kappa shape index (κ2) is 13.7. The number of nitrogens with zero attached hydrogens (tertiary/aromatic N) is 1. The van der Waals surface area contributed by atoms with Gasteiger partial charge in [0.1, 0.15) is 5.75 Å².